The minimum absolute atomic E-state index is 0.137. The second-order valence-corrected chi connectivity index (χ2v) is 5.97. The molecule has 2 rings (SSSR count). The van der Waals surface area contributed by atoms with Gasteiger partial charge in [0.1, 0.15) is 0 Å². The zero-order valence-corrected chi connectivity index (χ0v) is 13.9. The maximum Gasteiger partial charge on any atom is 0.305 e. The summed E-state index contributed by atoms with van der Waals surface area (Å²) in [5, 5.41) is 3.66. The number of nitrogens with one attached hydrogen (secondary N) is 1. The highest BCUT2D eigenvalue weighted by molar-refractivity contribution is 5.69. The average Bonchev–Trinajstić information content (AvgIpc) is 2.60. The monoisotopic (exact) mass is 311 g/mol. The molecule has 0 saturated heterocycles. The normalized spacial score (nSPS) is 13.1. The minimum atomic E-state index is -0.168. The molecule has 0 aromatic heterocycles. The summed E-state index contributed by atoms with van der Waals surface area (Å²) < 4.78 is 4.71. The molecule has 0 aliphatic heterocycles. The van der Waals surface area contributed by atoms with E-state index in [1.165, 1.54) is 12.7 Å². The fourth-order valence-electron chi connectivity index (χ4n) is 2.78. The van der Waals surface area contributed by atoms with Crippen LogP contribution >= 0.6 is 0 Å². The maximum atomic E-state index is 11.3. The molecule has 3 heteroatoms. The Morgan fingerprint density at radius 3 is 2.22 bits per heavy atom. The fourth-order valence-corrected chi connectivity index (χ4v) is 2.78. The van der Waals surface area contributed by atoms with Crippen LogP contribution in [0.2, 0.25) is 0 Å². The third-order valence-electron chi connectivity index (χ3n) is 4.14. The smallest absolute Gasteiger partial charge is 0.305 e. The van der Waals surface area contributed by atoms with E-state index in [1.807, 2.05) is 24.3 Å². The van der Waals surface area contributed by atoms with Gasteiger partial charge in [-0.25, -0.2) is 0 Å². The lowest BCUT2D eigenvalue weighted by Gasteiger charge is -2.33. The number of esters is 1. The van der Waals surface area contributed by atoms with Crippen LogP contribution < -0.4 is 5.32 Å². The van der Waals surface area contributed by atoms with Crippen molar-refractivity contribution in [3.8, 4) is 0 Å². The zero-order chi connectivity index (χ0) is 16.5. The molecular weight excluding hydrogens is 286 g/mol. The highest BCUT2D eigenvalue weighted by Gasteiger charge is 2.25. The molecular formula is C20H25NO2. The van der Waals surface area contributed by atoms with Gasteiger partial charge in [0, 0.05) is 12.1 Å². The third-order valence-corrected chi connectivity index (χ3v) is 4.14. The predicted octanol–water partition coefficient (Wildman–Crippen LogP) is 4.75. The first kappa shape index (κ1) is 17.1. The van der Waals surface area contributed by atoms with Gasteiger partial charge in [-0.05, 0) is 37.5 Å². The molecule has 2 aromatic carbocycles. The van der Waals surface area contributed by atoms with E-state index in [2.05, 4.69) is 48.6 Å². The molecule has 0 fully saturated rings. The third kappa shape index (κ3) is 5.13. The fraction of sp³-hybridized carbons (Fsp3) is 0.350. The largest absolute Gasteiger partial charge is 0.469 e. The lowest BCUT2D eigenvalue weighted by molar-refractivity contribution is -0.140. The number of carbonyl (C=O) groups excluding carboxylic acids is 1. The van der Waals surface area contributed by atoms with Crippen molar-refractivity contribution in [3.05, 3.63) is 66.2 Å². The van der Waals surface area contributed by atoms with Gasteiger partial charge >= 0.3 is 5.97 Å². The van der Waals surface area contributed by atoms with Crippen molar-refractivity contribution in [2.45, 2.75) is 38.1 Å². The summed E-state index contributed by atoms with van der Waals surface area (Å²) >= 11 is 0. The number of methoxy groups -OCH3 is 1. The minimum Gasteiger partial charge on any atom is -0.469 e. The standard InChI is InChI=1S/C20H25NO2/c1-20(17-11-5-3-6-12-17,16-10-9-15-19(22)23-2)21-18-13-7-4-8-14-18/h3-8,11-14,21H,9-10,15-16H2,1-2H3. The summed E-state index contributed by atoms with van der Waals surface area (Å²) in [7, 11) is 1.44. The van der Waals surface area contributed by atoms with Crippen molar-refractivity contribution < 1.29 is 9.53 Å². The Hall–Kier alpha value is -2.29. The van der Waals surface area contributed by atoms with Crippen LogP contribution in [0, 0.1) is 0 Å². The Morgan fingerprint density at radius 2 is 1.61 bits per heavy atom. The number of unbranched alkanes of at least 4 members (excludes halogenated alkanes) is 1. The van der Waals surface area contributed by atoms with Gasteiger partial charge in [-0.1, -0.05) is 55.0 Å². The van der Waals surface area contributed by atoms with Gasteiger partial charge < -0.3 is 10.1 Å². The Labute approximate surface area is 138 Å². The van der Waals surface area contributed by atoms with Crippen LogP contribution in [0.1, 0.15) is 38.2 Å². The Bertz CT molecular complexity index is 598. The SMILES string of the molecule is COC(=O)CCCCC(C)(Nc1ccccc1)c1ccccc1. The van der Waals surface area contributed by atoms with Crippen LogP contribution in [0.15, 0.2) is 60.7 Å². The van der Waals surface area contributed by atoms with Crippen LogP contribution in [0.5, 0.6) is 0 Å². The van der Waals surface area contributed by atoms with E-state index in [-0.39, 0.29) is 11.5 Å². The summed E-state index contributed by atoms with van der Waals surface area (Å²) in [5.74, 6) is -0.137. The number of ether oxygens (including phenoxy) is 1. The Balaban J connectivity index is 2.07. The van der Waals surface area contributed by atoms with Crippen molar-refractivity contribution in [1.82, 2.24) is 0 Å². The van der Waals surface area contributed by atoms with Crippen LogP contribution in [-0.4, -0.2) is 13.1 Å². The molecule has 2 aromatic rings. The van der Waals surface area contributed by atoms with Gasteiger partial charge in [0.2, 0.25) is 0 Å². The van der Waals surface area contributed by atoms with E-state index in [9.17, 15) is 4.79 Å². The zero-order valence-electron chi connectivity index (χ0n) is 13.9. The quantitative estimate of drug-likeness (QED) is 0.565. The lowest BCUT2D eigenvalue weighted by atomic mass is 9.86. The van der Waals surface area contributed by atoms with Gasteiger partial charge in [-0.15, -0.1) is 0 Å². The van der Waals surface area contributed by atoms with E-state index in [0.717, 1.165) is 24.9 Å². The number of carbonyl (C=O) groups is 1. The van der Waals surface area contributed by atoms with E-state index < -0.39 is 0 Å². The number of hydrogen-bond acceptors (Lipinski definition) is 3. The van der Waals surface area contributed by atoms with Gasteiger partial charge in [0.05, 0.1) is 12.6 Å². The topological polar surface area (TPSA) is 38.3 Å². The predicted molar refractivity (Wildman–Crippen MR) is 94.3 cm³/mol. The molecule has 0 radical (unpaired) electrons. The average molecular weight is 311 g/mol. The Morgan fingerprint density at radius 1 is 1.00 bits per heavy atom. The molecule has 1 unspecified atom stereocenters. The molecule has 0 saturated carbocycles. The maximum absolute atomic E-state index is 11.3. The highest BCUT2D eigenvalue weighted by Crippen LogP contribution is 2.31. The molecule has 1 N–H and O–H groups in total. The van der Waals surface area contributed by atoms with Crippen molar-refractivity contribution in [2.24, 2.45) is 0 Å². The van der Waals surface area contributed by atoms with Crippen LogP contribution in [0.25, 0.3) is 0 Å². The van der Waals surface area contributed by atoms with Crippen molar-refractivity contribution >= 4 is 11.7 Å². The summed E-state index contributed by atoms with van der Waals surface area (Å²) in [4.78, 5) is 11.3. The van der Waals surface area contributed by atoms with Gasteiger partial charge in [-0.2, -0.15) is 0 Å². The number of benzene rings is 2. The molecule has 3 nitrogen and oxygen atoms in total. The molecule has 23 heavy (non-hydrogen) atoms. The second-order valence-electron chi connectivity index (χ2n) is 5.97. The van der Waals surface area contributed by atoms with Crippen molar-refractivity contribution in [2.75, 3.05) is 12.4 Å². The number of rotatable bonds is 8. The summed E-state index contributed by atoms with van der Waals surface area (Å²) in [6.07, 6.45) is 3.22. The first-order valence-corrected chi connectivity index (χ1v) is 8.09. The first-order chi connectivity index (χ1) is 11.1. The number of para-hydroxylation sites is 1. The molecule has 0 aliphatic rings. The van der Waals surface area contributed by atoms with Crippen LogP contribution in [0.4, 0.5) is 5.69 Å². The van der Waals surface area contributed by atoms with E-state index in [0.29, 0.717) is 6.42 Å². The molecule has 0 amide bonds. The van der Waals surface area contributed by atoms with E-state index in [1.54, 1.807) is 0 Å². The summed E-state index contributed by atoms with van der Waals surface area (Å²) in [5.41, 5.74) is 2.19. The van der Waals surface area contributed by atoms with Gasteiger partial charge in [-0.3, -0.25) is 4.79 Å². The number of hydrogen-bond donors (Lipinski definition) is 1. The first-order valence-electron chi connectivity index (χ1n) is 8.09. The van der Waals surface area contributed by atoms with E-state index in [4.69, 9.17) is 4.74 Å². The molecule has 122 valence electrons. The molecule has 0 heterocycles. The van der Waals surface area contributed by atoms with Crippen LogP contribution in [-0.2, 0) is 15.1 Å². The van der Waals surface area contributed by atoms with E-state index >= 15 is 0 Å². The number of anilines is 1. The van der Waals surface area contributed by atoms with Crippen molar-refractivity contribution in [1.29, 1.82) is 0 Å². The lowest BCUT2D eigenvalue weighted by Crippen LogP contribution is -2.31. The summed E-state index contributed by atoms with van der Waals surface area (Å²) in [6, 6.07) is 20.7. The molecule has 0 spiro atoms. The van der Waals surface area contributed by atoms with Crippen molar-refractivity contribution in [3.63, 3.8) is 0 Å². The Kier molecular flexibility index (Phi) is 6.21. The van der Waals surface area contributed by atoms with Gasteiger partial charge in [0.25, 0.3) is 0 Å². The molecule has 0 aliphatic carbocycles. The van der Waals surface area contributed by atoms with Crippen LogP contribution in [0.3, 0.4) is 0 Å². The summed E-state index contributed by atoms with van der Waals surface area (Å²) in [6.45, 7) is 2.22. The molecule has 0 bridgehead atoms. The molecule has 1 atom stereocenters. The van der Waals surface area contributed by atoms with Gasteiger partial charge in [0.15, 0.2) is 0 Å². The second kappa shape index (κ2) is 8.37. The highest BCUT2D eigenvalue weighted by atomic mass is 16.5.